The van der Waals surface area contributed by atoms with Gasteiger partial charge in [0.1, 0.15) is 0 Å². The normalized spacial score (nSPS) is 15.4. The zero-order valence-corrected chi connectivity index (χ0v) is 9.31. The third-order valence-corrected chi connectivity index (χ3v) is 2.98. The molecule has 0 unspecified atom stereocenters. The van der Waals surface area contributed by atoms with Crippen LogP contribution in [0.2, 0.25) is 0 Å². The van der Waals surface area contributed by atoms with Crippen molar-refractivity contribution in [3.63, 3.8) is 0 Å². The molecule has 0 fully saturated rings. The maximum absolute atomic E-state index is 2.32. The molecule has 0 radical (unpaired) electrons. The molecule has 0 aliphatic heterocycles. The van der Waals surface area contributed by atoms with E-state index in [0.717, 1.165) is 5.92 Å². The summed E-state index contributed by atoms with van der Waals surface area (Å²) in [4.78, 5) is 0. The van der Waals surface area contributed by atoms with Crippen molar-refractivity contribution < 1.29 is 0 Å². The summed E-state index contributed by atoms with van der Waals surface area (Å²) < 4.78 is 2.18. The molecule has 0 spiro atoms. The smallest absolute Gasteiger partial charge is 0.0245 e. The van der Waals surface area contributed by atoms with Crippen LogP contribution >= 0.6 is 22.6 Å². The average molecular weight is 252 g/mol. The predicted octanol–water partition coefficient (Wildman–Crippen LogP) is 4.15. The number of hydrogen-bond acceptors (Lipinski definition) is 0. The molecule has 0 rings (SSSR count). The molecule has 1 atom stereocenters. The van der Waals surface area contributed by atoms with Crippen molar-refractivity contribution in [1.82, 2.24) is 0 Å². The van der Waals surface area contributed by atoms with E-state index in [-0.39, 0.29) is 0 Å². The Morgan fingerprint density at radius 1 is 1.60 bits per heavy atom. The summed E-state index contributed by atoms with van der Waals surface area (Å²) in [5.74, 6) is 0.895. The third kappa shape index (κ3) is 5.27. The molecule has 0 N–H and O–H groups in total. The summed E-state index contributed by atoms with van der Waals surface area (Å²) in [6, 6.07) is 0. The highest BCUT2D eigenvalue weighted by Gasteiger charge is 1.97. The van der Waals surface area contributed by atoms with Crippen molar-refractivity contribution in [3.05, 3.63) is 9.66 Å². The predicted molar refractivity (Wildman–Crippen MR) is 56.5 cm³/mol. The molecule has 0 aromatic heterocycles. The lowest BCUT2D eigenvalue weighted by molar-refractivity contribution is 0.515. The minimum absolute atomic E-state index is 0.895. The topological polar surface area (TPSA) is 0 Å². The van der Waals surface area contributed by atoms with Gasteiger partial charge in [-0.1, -0.05) is 48.4 Å². The van der Waals surface area contributed by atoms with Crippen LogP contribution in [0.15, 0.2) is 9.66 Å². The van der Waals surface area contributed by atoms with E-state index in [1.807, 2.05) is 0 Å². The quantitative estimate of drug-likeness (QED) is 0.659. The second-order valence-corrected chi connectivity index (χ2v) is 3.63. The lowest BCUT2D eigenvalue weighted by Crippen LogP contribution is -1.91. The Labute approximate surface area is 78.2 Å². The first kappa shape index (κ1) is 10.5. The van der Waals surface area contributed by atoms with Crippen LogP contribution < -0.4 is 0 Å². The highest BCUT2D eigenvalue weighted by atomic mass is 127. The molecule has 0 aromatic carbocycles. The largest absolute Gasteiger partial charge is 0.0673 e. The molecule has 1 heteroatoms. The Morgan fingerprint density at radius 3 is 2.60 bits per heavy atom. The molecular weight excluding hydrogens is 235 g/mol. The zero-order valence-electron chi connectivity index (χ0n) is 7.15. The van der Waals surface area contributed by atoms with Gasteiger partial charge in [0.15, 0.2) is 0 Å². The standard InChI is InChI=1S/C9H17I/c1-4-8(2)5-6-9(3)7-10/h7-8H,4-6H2,1-3H3/b9-7+/t8-/m0/s1. The highest BCUT2D eigenvalue weighted by molar-refractivity contribution is 14.1. The number of rotatable bonds is 4. The van der Waals surface area contributed by atoms with Crippen LogP contribution in [0.5, 0.6) is 0 Å². The molecule has 60 valence electrons. The van der Waals surface area contributed by atoms with Crippen LogP contribution in [0.25, 0.3) is 0 Å². The van der Waals surface area contributed by atoms with Crippen LogP contribution in [0, 0.1) is 5.92 Å². The molecule has 0 saturated heterocycles. The zero-order chi connectivity index (χ0) is 7.98. The van der Waals surface area contributed by atoms with Crippen LogP contribution in [0.4, 0.5) is 0 Å². The van der Waals surface area contributed by atoms with Crippen molar-refractivity contribution in [2.45, 2.75) is 40.0 Å². The Morgan fingerprint density at radius 2 is 2.20 bits per heavy atom. The van der Waals surface area contributed by atoms with Gasteiger partial charge in [-0.05, 0) is 29.8 Å². The van der Waals surface area contributed by atoms with E-state index in [0.29, 0.717) is 0 Å². The van der Waals surface area contributed by atoms with E-state index in [1.54, 1.807) is 0 Å². The van der Waals surface area contributed by atoms with Gasteiger partial charge in [-0.3, -0.25) is 0 Å². The van der Waals surface area contributed by atoms with Crippen molar-refractivity contribution in [2.24, 2.45) is 5.92 Å². The lowest BCUT2D eigenvalue weighted by Gasteiger charge is -2.06. The van der Waals surface area contributed by atoms with Gasteiger partial charge in [0, 0.05) is 0 Å². The first-order valence-electron chi connectivity index (χ1n) is 3.96. The summed E-state index contributed by atoms with van der Waals surface area (Å²) in [6.07, 6.45) is 3.94. The summed E-state index contributed by atoms with van der Waals surface area (Å²) in [5.41, 5.74) is 1.51. The molecular formula is C9H17I. The third-order valence-electron chi connectivity index (χ3n) is 1.91. The van der Waals surface area contributed by atoms with Gasteiger partial charge in [-0.25, -0.2) is 0 Å². The molecule has 0 bridgehead atoms. The minimum Gasteiger partial charge on any atom is -0.0673 e. The molecule has 10 heavy (non-hydrogen) atoms. The van der Waals surface area contributed by atoms with Crippen LogP contribution in [0.3, 0.4) is 0 Å². The van der Waals surface area contributed by atoms with Crippen LogP contribution in [-0.2, 0) is 0 Å². The van der Waals surface area contributed by atoms with Crippen molar-refractivity contribution in [2.75, 3.05) is 0 Å². The summed E-state index contributed by atoms with van der Waals surface area (Å²) in [7, 11) is 0. The Kier molecular flexibility index (Phi) is 6.49. The monoisotopic (exact) mass is 252 g/mol. The van der Waals surface area contributed by atoms with E-state index >= 15 is 0 Å². The van der Waals surface area contributed by atoms with E-state index in [9.17, 15) is 0 Å². The van der Waals surface area contributed by atoms with Crippen molar-refractivity contribution in [1.29, 1.82) is 0 Å². The molecule has 0 heterocycles. The fourth-order valence-electron chi connectivity index (χ4n) is 0.733. The van der Waals surface area contributed by atoms with Gasteiger partial charge in [-0.15, -0.1) is 0 Å². The van der Waals surface area contributed by atoms with Gasteiger partial charge in [0.05, 0.1) is 0 Å². The molecule has 0 aromatic rings. The van der Waals surface area contributed by atoms with Crippen molar-refractivity contribution in [3.8, 4) is 0 Å². The first-order valence-corrected chi connectivity index (χ1v) is 5.21. The van der Waals surface area contributed by atoms with Crippen molar-refractivity contribution >= 4 is 22.6 Å². The summed E-state index contributed by atoms with van der Waals surface area (Å²) >= 11 is 2.31. The van der Waals surface area contributed by atoms with E-state index in [4.69, 9.17) is 0 Å². The van der Waals surface area contributed by atoms with Gasteiger partial charge >= 0.3 is 0 Å². The maximum atomic E-state index is 2.32. The second kappa shape index (κ2) is 6.20. The lowest BCUT2D eigenvalue weighted by atomic mass is 10.0. The molecule has 0 aliphatic rings. The second-order valence-electron chi connectivity index (χ2n) is 3.01. The Bertz CT molecular complexity index is 105. The maximum Gasteiger partial charge on any atom is -0.0245 e. The van der Waals surface area contributed by atoms with Crippen LogP contribution in [-0.4, -0.2) is 0 Å². The SMILES string of the molecule is CC[C@H](C)CC/C(C)=C/I. The van der Waals surface area contributed by atoms with Crippen LogP contribution in [0.1, 0.15) is 40.0 Å². The number of hydrogen-bond donors (Lipinski definition) is 0. The van der Waals surface area contributed by atoms with E-state index < -0.39 is 0 Å². The highest BCUT2D eigenvalue weighted by Crippen LogP contribution is 2.14. The van der Waals surface area contributed by atoms with Gasteiger partial charge < -0.3 is 0 Å². The van der Waals surface area contributed by atoms with Gasteiger partial charge in [-0.2, -0.15) is 0 Å². The van der Waals surface area contributed by atoms with E-state index in [1.165, 1.54) is 24.8 Å². The van der Waals surface area contributed by atoms with E-state index in [2.05, 4.69) is 47.4 Å². The Balaban J connectivity index is 3.35. The Hall–Kier alpha value is 0.470. The molecule has 0 nitrogen and oxygen atoms in total. The molecule has 0 saturated carbocycles. The summed E-state index contributed by atoms with van der Waals surface area (Å²) in [5, 5.41) is 0. The average Bonchev–Trinajstić information content (AvgIpc) is 1.99. The van der Waals surface area contributed by atoms with Gasteiger partial charge in [0.25, 0.3) is 0 Å². The summed E-state index contributed by atoms with van der Waals surface area (Å²) in [6.45, 7) is 6.78. The molecule has 0 amide bonds. The van der Waals surface area contributed by atoms with Gasteiger partial charge in [0.2, 0.25) is 0 Å². The minimum atomic E-state index is 0.895. The first-order chi connectivity index (χ1) is 4.70. The fourth-order valence-corrected chi connectivity index (χ4v) is 1.04. The molecule has 0 aliphatic carbocycles. The number of allylic oxidation sites excluding steroid dienone is 1. The number of halogens is 1. The fraction of sp³-hybridized carbons (Fsp3) is 0.778.